The highest BCUT2D eigenvalue weighted by atomic mass is 19.4. The lowest BCUT2D eigenvalue weighted by Gasteiger charge is -2.50. The van der Waals surface area contributed by atoms with Crippen LogP contribution < -0.4 is 11.3 Å². The molecule has 2 aliphatic heterocycles. The van der Waals surface area contributed by atoms with Gasteiger partial charge in [-0.1, -0.05) is 60.7 Å². The van der Waals surface area contributed by atoms with Gasteiger partial charge in [-0.15, -0.1) is 0 Å². The molecule has 41 heavy (non-hydrogen) atoms. The fraction of sp³-hybridized carbons (Fsp3) is 0.367. The largest absolute Gasteiger partial charge is 0.416 e. The molecular formula is C30H29F6N3O2. The standard InChI is InChI=1S/C30H29F6N3O2/c31-29(32,33)22-13-20(14-23(15-22)30(34,35)36)18-41-26-12-11-25-24(27(40)38-37)16-28(26,21-9-5-2-6-10-21)39(25)17-19-7-3-1-4-8-19/h1-10,13-15,24-26H,11-12,16-18,37H2,(H,38,40). The fourth-order valence-corrected chi connectivity index (χ4v) is 6.47. The molecular weight excluding hydrogens is 548 g/mol. The highest BCUT2D eigenvalue weighted by Crippen LogP contribution is 2.55. The monoisotopic (exact) mass is 577 g/mol. The zero-order chi connectivity index (χ0) is 29.4. The predicted octanol–water partition coefficient (Wildman–Crippen LogP) is 6.18. The van der Waals surface area contributed by atoms with Crippen LogP contribution in [0.15, 0.2) is 78.9 Å². The van der Waals surface area contributed by atoms with Crippen molar-refractivity contribution in [1.29, 1.82) is 0 Å². The molecule has 0 radical (unpaired) electrons. The van der Waals surface area contributed by atoms with Gasteiger partial charge in [0.25, 0.3) is 0 Å². The van der Waals surface area contributed by atoms with E-state index in [0.717, 1.165) is 11.1 Å². The summed E-state index contributed by atoms with van der Waals surface area (Å²) in [5.74, 6) is 4.72. The molecule has 0 saturated carbocycles. The highest BCUT2D eigenvalue weighted by molar-refractivity contribution is 5.79. The Morgan fingerprint density at radius 3 is 2.02 bits per heavy atom. The topological polar surface area (TPSA) is 67.6 Å². The SMILES string of the molecule is NNC(=O)C1CC2(c3ccccc3)C(OCc3cc(C(F)(F)F)cc(C(F)(F)F)c3)CCC1N2Cc1ccccc1. The van der Waals surface area contributed by atoms with E-state index >= 15 is 0 Å². The van der Waals surface area contributed by atoms with Crippen LogP contribution in [0.25, 0.3) is 0 Å². The Morgan fingerprint density at radius 1 is 0.878 bits per heavy atom. The number of hydrogen-bond donors (Lipinski definition) is 2. The Morgan fingerprint density at radius 2 is 1.46 bits per heavy atom. The zero-order valence-corrected chi connectivity index (χ0v) is 21.9. The summed E-state index contributed by atoms with van der Waals surface area (Å²) in [6.45, 7) is -0.0137. The second-order valence-electron chi connectivity index (χ2n) is 10.6. The molecule has 2 heterocycles. The van der Waals surface area contributed by atoms with Crippen molar-refractivity contribution < 1.29 is 35.9 Å². The molecule has 3 aromatic rings. The van der Waals surface area contributed by atoms with E-state index in [1.165, 1.54) is 0 Å². The number of fused-ring (bicyclic) bond motifs is 2. The van der Waals surface area contributed by atoms with Gasteiger partial charge in [0.1, 0.15) is 0 Å². The molecule has 2 saturated heterocycles. The molecule has 218 valence electrons. The van der Waals surface area contributed by atoms with Crippen LogP contribution in [-0.4, -0.2) is 23.0 Å². The van der Waals surface area contributed by atoms with Crippen LogP contribution in [0.5, 0.6) is 0 Å². The summed E-state index contributed by atoms with van der Waals surface area (Å²) in [5.41, 5.74) is 0.200. The molecule has 3 aromatic carbocycles. The molecule has 0 aliphatic carbocycles. The summed E-state index contributed by atoms with van der Waals surface area (Å²) < 4.78 is 87.2. The molecule has 0 aromatic heterocycles. The van der Waals surface area contributed by atoms with Gasteiger partial charge in [0, 0.05) is 12.6 Å². The molecule has 4 unspecified atom stereocenters. The Bertz CT molecular complexity index is 1330. The molecule has 0 spiro atoms. The van der Waals surface area contributed by atoms with Crippen LogP contribution >= 0.6 is 0 Å². The van der Waals surface area contributed by atoms with E-state index < -0.39 is 47.6 Å². The first kappa shape index (κ1) is 29.1. The minimum absolute atomic E-state index is 0.106. The van der Waals surface area contributed by atoms with Crippen LogP contribution in [0.2, 0.25) is 0 Å². The smallest absolute Gasteiger partial charge is 0.371 e. The number of carbonyl (C=O) groups excluding carboxylic acids is 1. The molecule has 3 N–H and O–H groups in total. The van der Waals surface area contributed by atoms with Crippen LogP contribution in [0.4, 0.5) is 26.3 Å². The first-order valence-electron chi connectivity index (χ1n) is 13.2. The van der Waals surface area contributed by atoms with Crippen LogP contribution in [0.3, 0.4) is 0 Å². The number of alkyl halides is 6. The van der Waals surface area contributed by atoms with Gasteiger partial charge in [-0.25, -0.2) is 5.84 Å². The summed E-state index contributed by atoms with van der Waals surface area (Å²) in [7, 11) is 0. The van der Waals surface area contributed by atoms with Gasteiger partial charge in [0.2, 0.25) is 5.91 Å². The van der Waals surface area contributed by atoms with Crippen molar-refractivity contribution in [1.82, 2.24) is 10.3 Å². The van der Waals surface area contributed by atoms with Crippen molar-refractivity contribution >= 4 is 5.91 Å². The van der Waals surface area contributed by atoms with E-state index in [1.807, 2.05) is 60.7 Å². The van der Waals surface area contributed by atoms with E-state index in [9.17, 15) is 31.1 Å². The van der Waals surface area contributed by atoms with Gasteiger partial charge in [0.05, 0.1) is 35.3 Å². The molecule has 5 nitrogen and oxygen atoms in total. The quantitative estimate of drug-likeness (QED) is 0.152. The lowest BCUT2D eigenvalue weighted by atomic mass is 9.78. The number of nitrogens with zero attached hydrogens (tertiary/aromatic N) is 1. The number of hydrogen-bond acceptors (Lipinski definition) is 4. The van der Waals surface area contributed by atoms with Crippen LogP contribution in [0, 0.1) is 5.92 Å². The normalized spacial score (nSPS) is 24.8. The maximum Gasteiger partial charge on any atom is 0.416 e. The Balaban J connectivity index is 1.55. The van der Waals surface area contributed by atoms with E-state index in [1.54, 1.807) is 0 Å². The van der Waals surface area contributed by atoms with Gasteiger partial charge in [0.15, 0.2) is 0 Å². The maximum absolute atomic E-state index is 13.5. The molecule has 5 rings (SSSR count). The molecule has 1 amide bonds. The zero-order valence-electron chi connectivity index (χ0n) is 21.9. The van der Waals surface area contributed by atoms with Crippen molar-refractivity contribution in [3.05, 3.63) is 107 Å². The van der Waals surface area contributed by atoms with Crippen molar-refractivity contribution in [3.8, 4) is 0 Å². The number of halogens is 6. The van der Waals surface area contributed by atoms with Crippen molar-refractivity contribution in [3.63, 3.8) is 0 Å². The molecule has 2 fully saturated rings. The predicted molar refractivity (Wildman–Crippen MR) is 139 cm³/mol. The summed E-state index contributed by atoms with van der Waals surface area (Å²) >= 11 is 0. The molecule has 11 heteroatoms. The van der Waals surface area contributed by atoms with Crippen molar-refractivity contribution in [2.45, 2.75) is 62.5 Å². The minimum atomic E-state index is -4.96. The van der Waals surface area contributed by atoms with Crippen molar-refractivity contribution in [2.24, 2.45) is 11.8 Å². The van der Waals surface area contributed by atoms with E-state index in [-0.39, 0.29) is 23.6 Å². The summed E-state index contributed by atoms with van der Waals surface area (Å²) in [6.07, 6.45) is -9.26. The highest BCUT2D eigenvalue weighted by Gasteiger charge is 2.61. The molecule has 2 bridgehead atoms. The Labute approximate surface area is 233 Å². The lowest BCUT2D eigenvalue weighted by Crippen LogP contribution is -2.56. The number of rotatable bonds is 7. The minimum Gasteiger partial charge on any atom is -0.371 e. The first-order chi connectivity index (χ1) is 19.4. The van der Waals surface area contributed by atoms with Gasteiger partial charge >= 0.3 is 12.4 Å². The van der Waals surface area contributed by atoms with Gasteiger partial charge in [-0.2, -0.15) is 26.3 Å². The van der Waals surface area contributed by atoms with Gasteiger partial charge in [-0.05, 0) is 54.2 Å². The van der Waals surface area contributed by atoms with Gasteiger partial charge < -0.3 is 4.74 Å². The first-order valence-corrected chi connectivity index (χ1v) is 13.2. The van der Waals surface area contributed by atoms with Crippen LogP contribution in [0.1, 0.15) is 47.1 Å². The summed E-state index contributed by atoms with van der Waals surface area (Å²) in [4.78, 5) is 15.2. The fourth-order valence-electron chi connectivity index (χ4n) is 6.47. The van der Waals surface area contributed by atoms with E-state index in [0.29, 0.717) is 37.9 Å². The molecule has 2 aliphatic rings. The van der Waals surface area contributed by atoms with E-state index in [4.69, 9.17) is 10.6 Å². The number of nitrogens with two attached hydrogens (primary N) is 1. The molecule has 4 atom stereocenters. The lowest BCUT2D eigenvalue weighted by molar-refractivity contribution is -0.143. The third-order valence-corrected chi connectivity index (χ3v) is 8.21. The Hall–Kier alpha value is -3.41. The Kier molecular flexibility index (Phi) is 7.88. The van der Waals surface area contributed by atoms with Crippen LogP contribution in [-0.2, 0) is 40.6 Å². The second kappa shape index (κ2) is 11.1. The number of carbonyl (C=O) groups is 1. The number of ether oxygens (including phenoxy) is 1. The average Bonchev–Trinajstić information content (AvgIpc) is 3.16. The second-order valence-corrected chi connectivity index (χ2v) is 10.6. The van der Waals surface area contributed by atoms with Crippen molar-refractivity contribution in [2.75, 3.05) is 0 Å². The number of benzene rings is 3. The average molecular weight is 578 g/mol. The van der Waals surface area contributed by atoms with E-state index in [2.05, 4.69) is 10.3 Å². The maximum atomic E-state index is 13.5. The number of nitrogens with one attached hydrogen (secondary N) is 1. The number of piperidine rings is 1. The van der Waals surface area contributed by atoms with Gasteiger partial charge in [-0.3, -0.25) is 15.1 Å². The third kappa shape index (κ3) is 5.71. The number of amides is 1. The number of hydrazine groups is 1. The summed E-state index contributed by atoms with van der Waals surface area (Å²) in [6, 6.07) is 20.3. The third-order valence-electron chi connectivity index (χ3n) is 8.21. The summed E-state index contributed by atoms with van der Waals surface area (Å²) in [5, 5.41) is 0.